The maximum atomic E-state index is 12.8. The van der Waals surface area contributed by atoms with Gasteiger partial charge in [-0.2, -0.15) is 8.78 Å². The van der Waals surface area contributed by atoms with Gasteiger partial charge >= 0.3 is 11.9 Å². The molecule has 0 heterocycles. The molecule has 0 amide bonds. The number of oxime groups is 1. The number of alkyl halides is 2. The third-order valence-electron chi connectivity index (χ3n) is 1.07. The van der Waals surface area contributed by atoms with Gasteiger partial charge in [-0.1, -0.05) is 5.16 Å². The smallest absolute Gasteiger partial charge is 0.380 e. The average Bonchev–Trinajstić information content (AvgIpc) is 2.03. The van der Waals surface area contributed by atoms with E-state index in [-0.39, 0.29) is 6.61 Å². The zero-order chi connectivity index (χ0) is 11.2. The van der Waals surface area contributed by atoms with Gasteiger partial charge < -0.3 is 9.57 Å². The number of halogens is 2. The van der Waals surface area contributed by atoms with Gasteiger partial charge in [0.05, 0.1) is 12.3 Å². The molecule has 0 aliphatic rings. The predicted molar refractivity (Wildman–Crippen MR) is 46.3 cm³/mol. The van der Waals surface area contributed by atoms with Gasteiger partial charge in [0.15, 0.2) is 6.61 Å². The monoisotopic (exact) mass is 209 g/mol. The van der Waals surface area contributed by atoms with Crippen LogP contribution in [-0.4, -0.2) is 30.8 Å². The predicted octanol–water partition coefficient (Wildman–Crippen LogP) is 1.60. The zero-order valence-corrected chi connectivity index (χ0v) is 8.34. The van der Waals surface area contributed by atoms with E-state index >= 15 is 0 Å². The van der Waals surface area contributed by atoms with Crippen molar-refractivity contribution in [2.75, 3.05) is 13.2 Å². The highest BCUT2D eigenvalue weighted by Crippen LogP contribution is 2.16. The Morgan fingerprint density at radius 2 is 2.00 bits per heavy atom. The molecule has 14 heavy (non-hydrogen) atoms. The standard InChI is InChI=1S/C8H13F2NO3/c1-4-13-7(12)8(9,10)5-14-11-6(2)3/h4-5H2,1-3H3. The van der Waals surface area contributed by atoms with E-state index in [0.29, 0.717) is 5.71 Å². The number of carbonyl (C=O) groups excluding carboxylic acids is 1. The third kappa shape index (κ3) is 4.74. The minimum atomic E-state index is -3.64. The first-order chi connectivity index (χ1) is 6.40. The minimum Gasteiger partial charge on any atom is -0.461 e. The van der Waals surface area contributed by atoms with Crippen LogP contribution in [0.2, 0.25) is 0 Å². The van der Waals surface area contributed by atoms with Crippen molar-refractivity contribution in [3.63, 3.8) is 0 Å². The van der Waals surface area contributed by atoms with E-state index < -0.39 is 18.5 Å². The molecule has 0 aliphatic carbocycles. The molecule has 82 valence electrons. The molecule has 0 aliphatic heterocycles. The Labute approximate surface area is 80.9 Å². The van der Waals surface area contributed by atoms with Gasteiger partial charge in [-0.05, 0) is 20.8 Å². The van der Waals surface area contributed by atoms with Crippen LogP contribution in [-0.2, 0) is 14.4 Å². The zero-order valence-electron chi connectivity index (χ0n) is 8.34. The molecular formula is C8H13F2NO3. The number of carbonyl (C=O) groups is 1. The Balaban J connectivity index is 4.06. The Bertz CT molecular complexity index is 225. The van der Waals surface area contributed by atoms with Gasteiger partial charge in [0.25, 0.3) is 0 Å². The van der Waals surface area contributed by atoms with Crippen LogP contribution in [0.4, 0.5) is 8.78 Å². The molecule has 0 aromatic rings. The minimum absolute atomic E-state index is 0.0928. The van der Waals surface area contributed by atoms with E-state index in [2.05, 4.69) is 14.7 Å². The first-order valence-electron chi connectivity index (χ1n) is 4.08. The highest BCUT2D eigenvalue weighted by atomic mass is 19.3. The molecule has 0 radical (unpaired) electrons. The molecule has 0 N–H and O–H groups in total. The van der Waals surface area contributed by atoms with Crippen molar-refractivity contribution in [2.45, 2.75) is 26.7 Å². The largest absolute Gasteiger partial charge is 0.461 e. The summed E-state index contributed by atoms with van der Waals surface area (Å²) in [6.45, 7) is 3.43. The summed E-state index contributed by atoms with van der Waals surface area (Å²) < 4.78 is 29.7. The van der Waals surface area contributed by atoms with Crippen molar-refractivity contribution < 1.29 is 23.1 Å². The first kappa shape index (κ1) is 12.8. The fourth-order valence-electron chi connectivity index (χ4n) is 0.538. The Kier molecular flexibility index (Phi) is 5.04. The summed E-state index contributed by atoms with van der Waals surface area (Å²) in [5.74, 6) is -5.24. The molecule has 0 rings (SSSR count). The number of nitrogens with zero attached hydrogens (tertiary/aromatic N) is 1. The summed E-state index contributed by atoms with van der Waals surface area (Å²) in [6.07, 6.45) is 0. The lowest BCUT2D eigenvalue weighted by Crippen LogP contribution is -2.35. The van der Waals surface area contributed by atoms with E-state index in [1.807, 2.05) is 0 Å². The second-order valence-corrected chi connectivity index (χ2v) is 2.74. The normalized spacial score (nSPS) is 10.6. The highest BCUT2D eigenvalue weighted by Gasteiger charge is 2.42. The van der Waals surface area contributed by atoms with Gasteiger partial charge in [-0.3, -0.25) is 0 Å². The second kappa shape index (κ2) is 5.51. The Morgan fingerprint density at radius 1 is 1.43 bits per heavy atom. The van der Waals surface area contributed by atoms with Crippen molar-refractivity contribution in [1.29, 1.82) is 0 Å². The fourth-order valence-corrected chi connectivity index (χ4v) is 0.538. The van der Waals surface area contributed by atoms with Crippen molar-refractivity contribution in [3.05, 3.63) is 0 Å². The molecular weight excluding hydrogens is 196 g/mol. The summed E-state index contributed by atoms with van der Waals surface area (Å²) >= 11 is 0. The molecule has 0 bridgehead atoms. The van der Waals surface area contributed by atoms with Gasteiger partial charge in [0.2, 0.25) is 0 Å². The fraction of sp³-hybridized carbons (Fsp3) is 0.750. The molecule has 0 aromatic carbocycles. The van der Waals surface area contributed by atoms with Crippen molar-refractivity contribution in [1.82, 2.24) is 0 Å². The van der Waals surface area contributed by atoms with E-state index in [0.717, 1.165) is 0 Å². The van der Waals surface area contributed by atoms with Crippen LogP contribution in [0.15, 0.2) is 5.16 Å². The quantitative estimate of drug-likeness (QED) is 0.392. The van der Waals surface area contributed by atoms with Crippen molar-refractivity contribution >= 4 is 11.7 Å². The van der Waals surface area contributed by atoms with E-state index in [4.69, 9.17) is 0 Å². The second-order valence-electron chi connectivity index (χ2n) is 2.74. The maximum absolute atomic E-state index is 12.8. The summed E-state index contributed by atoms with van der Waals surface area (Å²) in [6, 6.07) is 0. The molecule has 0 fully saturated rings. The van der Waals surface area contributed by atoms with Crippen LogP contribution in [0.25, 0.3) is 0 Å². The van der Waals surface area contributed by atoms with E-state index in [9.17, 15) is 13.6 Å². The molecule has 6 heteroatoms. The lowest BCUT2D eigenvalue weighted by Gasteiger charge is -2.12. The maximum Gasteiger partial charge on any atom is 0.380 e. The summed E-state index contributed by atoms with van der Waals surface area (Å²) in [4.78, 5) is 14.9. The molecule has 0 atom stereocenters. The van der Waals surface area contributed by atoms with Gasteiger partial charge in [-0.25, -0.2) is 4.79 Å². The topological polar surface area (TPSA) is 47.9 Å². The number of rotatable bonds is 5. The molecule has 0 aromatic heterocycles. The van der Waals surface area contributed by atoms with Crippen molar-refractivity contribution in [2.24, 2.45) is 5.16 Å². The average molecular weight is 209 g/mol. The van der Waals surface area contributed by atoms with Crippen LogP contribution in [0.5, 0.6) is 0 Å². The first-order valence-corrected chi connectivity index (χ1v) is 4.08. The number of esters is 1. The van der Waals surface area contributed by atoms with Crippen LogP contribution in [0.3, 0.4) is 0 Å². The lowest BCUT2D eigenvalue weighted by atomic mass is 10.4. The number of hydrogen-bond acceptors (Lipinski definition) is 4. The highest BCUT2D eigenvalue weighted by molar-refractivity contribution is 5.78. The Hall–Kier alpha value is -1.20. The third-order valence-corrected chi connectivity index (χ3v) is 1.07. The van der Waals surface area contributed by atoms with Crippen LogP contribution in [0.1, 0.15) is 20.8 Å². The molecule has 0 saturated heterocycles. The summed E-state index contributed by atoms with van der Waals surface area (Å²) in [5, 5.41) is 3.28. The molecule has 4 nitrogen and oxygen atoms in total. The molecule has 0 saturated carbocycles. The summed E-state index contributed by atoms with van der Waals surface area (Å²) in [7, 11) is 0. The van der Waals surface area contributed by atoms with E-state index in [1.165, 1.54) is 6.92 Å². The van der Waals surface area contributed by atoms with Gasteiger partial charge in [-0.15, -0.1) is 0 Å². The number of hydrogen-bond donors (Lipinski definition) is 0. The van der Waals surface area contributed by atoms with Crippen molar-refractivity contribution in [3.8, 4) is 0 Å². The SMILES string of the molecule is CCOC(=O)C(F)(F)CON=C(C)C. The van der Waals surface area contributed by atoms with Gasteiger partial charge in [0, 0.05) is 0 Å². The summed E-state index contributed by atoms with van der Waals surface area (Å²) in [5.41, 5.74) is 0.490. The molecule has 0 spiro atoms. The Morgan fingerprint density at radius 3 is 2.43 bits per heavy atom. The molecule has 0 unspecified atom stereocenters. The van der Waals surface area contributed by atoms with Crippen LogP contribution >= 0.6 is 0 Å². The van der Waals surface area contributed by atoms with Crippen LogP contribution in [0, 0.1) is 0 Å². The van der Waals surface area contributed by atoms with E-state index in [1.54, 1.807) is 13.8 Å². The van der Waals surface area contributed by atoms with Crippen LogP contribution < -0.4 is 0 Å². The lowest BCUT2D eigenvalue weighted by molar-refractivity contribution is -0.179. The van der Waals surface area contributed by atoms with Gasteiger partial charge in [0.1, 0.15) is 0 Å². The number of ether oxygens (including phenoxy) is 1.